The summed E-state index contributed by atoms with van der Waals surface area (Å²) in [6, 6.07) is 6.44. The number of hydrogen-bond acceptors (Lipinski definition) is 2. The van der Waals surface area contributed by atoms with Crippen LogP contribution in [0.4, 0.5) is 0 Å². The highest BCUT2D eigenvalue weighted by atomic mass is 35.5. The molecule has 1 saturated carbocycles. The average molecular weight is 222 g/mol. The summed E-state index contributed by atoms with van der Waals surface area (Å²) < 4.78 is 2.26. The molecule has 1 fully saturated rings. The molecule has 0 radical (unpaired) electrons. The molecular formula is C11H12ClN3. The standard InChI is InChI=1S/C11H12ClN3/c12-7-1-4-10-9(5-7)14-11(6-13)15(10)8-2-3-8/h1,4-5,8H,2-3,6,13H2. The van der Waals surface area contributed by atoms with Crippen molar-refractivity contribution in [3.63, 3.8) is 0 Å². The van der Waals surface area contributed by atoms with Gasteiger partial charge in [0.15, 0.2) is 0 Å². The van der Waals surface area contributed by atoms with E-state index < -0.39 is 0 Å². The predicted molar refractivity (Wildman–Crippen MR) is 60.9 cm³/mol. The molecular weight excluding hydrogens is 210 g/mol. The van der Waals surface area contributed by atoms with Gasteiger partial charge >= 0.3 is 0 Å². The lowest BCUT2D eigenvalue weighted by molar-refractivity contribution is 0.701. The van der Waals surface area contributed by atoms with Gasteiger partial charge in [-0.3, -0.25) is 0 Å². The lowest BCUT2D eigenvalue weighted by atomic mass is 10.3. The fourth-order valence-electron chi connectivity index (χ4n) is 2.01. The summed E-state index contributed by atoms with van der Waals surface area (Å²) in [5.41, 5.74) is 7.81. The van der Waals surface area contributed by atoms with Crippen LogP contribution < -0.4 is 5.73 Å². The van der Waals surface area contributed by atoms with Crippen LogP contribution in [0, 0.1) is 0 Å². The van der Waals surface area contributed by atoms with Gasteiger partial charge in [-0.05, 0) is 31.0 Å². The Morgan fingerprint density at radius 2 is 2.27 bits per heavy atom. The van der Waals surface area contributed by atoms with E-state index in [9.17, 15) is 0 Å². The van der Waals surface area contributed by atoms with Gasteiger partial charge in [0.2, 0.25) is 0 Å². The summed E-state index contributed by atoms with van der Waals surface area (Å²) >= 11 is 5.94. The topological polar surface area (TPSA) is 43.8 Å². The highest BCUT2D eigenvalue weighted by molar-refractivity contribution is 6.31. The smallest absolute Gasteiger partial charge is 0.123 e. The number of nitrogens with two attached hydrogens (primary N) is 1. The maximum Gasteiger partial charge on any atom is 0.123 e. The summed E-state index contributed by atoms with van der Waals surface area (Å²) in [5, 5.41) is 0.728. The molecule has 2 aromatic rings. The Hall–Kier alpha value is -1.06. The van der Waals surface area contributed by atoms with Crippen LogP contribution in [0.2, 0.25) is 5.02 Å². The van der Waals surface area contributed by atoms with Crippen LogP contribution in [0.5, 0.6) is 0 Å². The molecule has 0 saturated heterocycles. The third-order valence-corrected chi connectivity index (χ3v) is 3.05. The number of fused-ring (bicyclic) bond motifs is 1. The molecule has 2 N–H and O–H groups in total. The van der Waals surface area contributed by atoms with E-state index in [2.05, 4.69) is 9.55 Å². The Kier molecular flexibility index (Phi) is 1.97. The van der Waals surface area contributed by atoms with E-state index in [-0.39, 0.29) is 0 Å². The molecule has 78 valence electrons. The zero-order valence-electron chi connectivity index (χ0n) is 8.28. The van der Waals surface area contributed by atoms with Gasteiger partial charge in [-0.15, -0.1) is 0 Å². The minimum Gasteiger partial charge on any atom is -0.324 e. The third kappa shape index (κ3) is 1.43. The number of benzene rings is 1. The van der Waals surface area contributed by atoms with E-state index >= 15 is 0 Å². The highest BCUT2D eigenvalue weighted by Crippen LogP contribution is 2.38. The largest absolute Gasteiger partial charge is 0.324 e. The molecule has 1 heterocycles. The van der Waals surface area contributed by atoms with Crippen molar-refractivity contribution in [1.29, 1.82) is 0 Å². The zero-order valence-corrected chi connectivity index (χ0v) is 9.04. The Bertz CT molecular complexity index is 514. The van der Waals surface area contributed by atoms with Crippen molar-refractivity contribution in [3.05, 3.63) is 29.0 Å². The molecule has 0 unspecified atom stereocenters. The molecule has 0 spiro atoms. The summed E-state index contributed by atoms with van der Waals surface area (Å²) in [6.07, 6.45) is 2.47. The van der Waals surface area contributed by atoms with Gasteiger partial charge in [-0.2, -0.15) is 0 Å². The third-order valence-electron chi connectivity index (χ3n) is 2.82. The van der Waals surface area contributed by atoms with Crippen LogP contribution in [-0.4, -0.2) is 9.55 Å². The first-order chi connectivity index (χ1) is 7.29. The number of rotatable bonds is 2. The van der Waals surface area contributed by atoms with Crippen molar-refractivity contribution in [1.82, 2.24) is 9.55 Å². The molecule has 0 atom stereocenters. The fraction of sp³-hybridized carbons (Fsp3) is 0.364. The van der Waals surface area contributed by atoms with Crippen molar-refractivity contribution >= 4 is 22.6 Å². The number of hydrogen-bond donors (Lipinski definition) is 1. The predicted octanol–water partition coefficient (Wildman–Crippen LogP) is 2.48. The van der Waals surface area contributed by atoms with Gasteiger partial charge in [0.25, 0.3) is 0 Å². The van der Waals surface area contributed by atoms with E-state index in [0.717, 1.165) is 21.9 Å². The van der Waals surface area contributed by atoms with Crippen molar-refractivity contribution in [2.24, 2.45) is 5.73 Å². The normalized spacial score (nSPS) is 16.1. The molecule has 0 bridgehead atoms. The van der Waals surface area contributed by atoms with Crippen molar-refractivity contribution < 1.29 is 0 Å². The molecule has 1 aromatic heterocycles. The molecule has 3 nitrogen and oxygen atoms in total. The maximum atomic E-state index is 5.94. The first-order valence-corrected chi connectivity index (χ1v) is 5.54. The van der Waals surface area contributed by atoms with Crippen molar-refractivity contribution in [2.75, 3.05) is 0 Å². The Morgan fingerprint density at radius 1 is 1.47 bits per heavy atom. The van der Waals surface area contributed by atoms with Gasteiger partial charge in [0, 0.05) is 11.1 Å². The summed E-state index contributed by atoms with van der Waals surface area (Å²) in [5.74, 6) is 0.967. The molecule has 1 aliphatic rings. The van der Waals surface area contributed by atoms with Crippen LogP contribution >= 0.6 is 11.6 Å². The second-order valence-electron chi connectivity index (χ2n) is 3.97. The molecule has 15 heavy (non-hydrogen) atoms. The maximum absolute atomic E-state index is 5.94. The molecule has 3 rings (SSSR count). The van der Waals surface area contributed by atoms with Crippen LogP contribution in [0.25, 0.3) is 11.0 Å². The lowest BCUT2D eigenvalue weighted by Crippen LogP contribution is -2.06. The summed E-state index contributed by atoms with van der Waals surface area (Å²) in [6.45, 7) is 0.489. The fourth-order valence-corrected chi connectivity index (χ4v) is 2.17. The van der Waals surface area contributed by atoms with E-state index in [0.29, 0.717) is 12.6 Å². The minimum absolute atomic E-state index is 0.489. The number of nitrogens with zero attached hydrogens (tertiary/aromatic N) is 2. The minimum atomic E-state index is 0.489. The van der Waals surface area contributed by atoms with Crippen LogP contribution in [0.3, 0.4) is 0 Å². The monoisotopic (exact) mass is 221 g/mol. The van der Waals surface area contributed by atoms with Gasteiger partial charge in [0.1, 0.15) is 5.82 Å². The second-order valence-corrected chi connectivity index (χ2v) is 4.40. The van der Waals surface area contributed by atoms with E-state index in [4.69, 9.17) is 17.3 Å². The summed E-state index contributed by atoms with van der Waals surface area (Å²) in [4.78, 5) is 4.51. The van der Waals surface area contributed by atoms with Crippen molar-refractivity contribution in [3.8, 4) is 0 Å². The zero-order chi connectivity index (χ0) is 10.4. The Labute approximate surface area is 92.8 Å². The van der Waals surface area contributed by atoms with Crippen LogP contribution in [-0.2, 0) is 6.54 Å². The van der Waals surface area contributed by atoms with Gasteiger partial charge in [-0.1, -0.05) is 11.6 Å². The van der Waals surface area contributed by atoms with Gasteiger partial charge in [0.05, 0.1) is 17.6 Å². The van der Waals surface area contributed by atoms with Crippen molar-refractivity contribution in [2.45, 2.75) is 25.4 Å². The lowest BCUT2D eigenvalue weighted by Gasteiger charge is -2.04. The molecule has 1 aliphatic carbocycles. The second kappa shape index (κ2) is 3.22. The number of halogens is 1. The van der Waals surface area contributed by atoms with E-state index in [1.54, 1.807) is 0 Å². The van der Waals surface area contributed by atoms with Gasteiger partial charge in [-0.25, -0.2) is 4.98 Å². The molecule has 4 heteroatoms. The quantitative estimate of drug-likeness (QED) is 0.847. The van der Waals surface area contributed by atoms with E-state index in [1.807, 2.05) is 18.2 Å². The SMILES string of the molecule is NCc1nc2cc(Cl)ccc2n1C1CC1. The average Bonchev–Trinajstić information content (AvgIpc) is 2.99. The van der Waals surface area contributed by atoms with Gasteiger partial charge < -0.3 is 10.3 Å². The summed E-state index contributed by atoms with van der Waals surface area (Å²) in [7, 11) is 0. The van der Waals surface area contributed by atoms with E-state index in [1.165, 1.54) is 12.8 Å². The van der Waals surface area contributed by atoms with Crippen LogP contribution in [0.1, 0.15) is 24.7 Å². The number of aromatic nitrogens is 2. The first kappa shape index (κ1) is 9.19. The number of imidazole rings is 1. The highest BCUT2D eigenvalue weighted by Gasteiger charge is 2.27. The molecule has 0 amide bonds. The van der Waals surface area contributed by atoms with Crippen LogP contribution in [0.15, 0.2) is 18.2 Å². The Morgan fingerprint density at radius 3 is 2.93 bits per heavy atom. The molecule has 0 aliphatic heterocycles. The first-order valence-electron chi connectivity index (χ1n) is 5.16. The Balaban J connectivity index is 2.28. The molecule has 1 aromatic carbocycles.